The topological polar surface area (TPSA) is 63.7 Å². The molecular formula is C20H22F3N3O3. The van der Waals surface area contributed by atoms with E-state index in [4.69, 9.17) is 9.47 Å². The molecule has 9 heteroatoms. The summed E-state index contributed by atoms with van der Waals surface area (Å²) in [6.45, 7) is 3.74. The van der Waals surface area contributed by atoms with Crippen molar-refractivity contribution in [3.05, 3.63) is 48.3 Å². The van der Waals surface area contributed by atoms with Gasteiger partial charge in [0.05, 0.1) is 0 Å². The Morgan fingerprint density at radius 3 is 2.83 bits per heavy atom. The highest BCUT2D eigenvalue weighted by Crippen LogP contribution is 2.32. The van der Waals surface area contributed by atoms with E-state index >= 15 is 0 Å². The molecule has 0 radical (unpaired) electrons. The number of nitrogens with zero attached hydrogens (tertiary/aromatic N) is 2. The Balaban J connectivity index is 1.62. The minimum Gasteiger partial charge on any atom is -0.457 e. The van der Waals surface area contributed by atoms with Crippen molar-refractivity contribution in [2.75, 3.05) is 31.2 Å². The first-order chi connectivity index (χ1) is 13.8. The number of benzene rings is 1. The molecule has 1 amide bonds. The van der Waals surface area contributed by atoms with Crippen LogP contribution in [-0.2, 0) is 15.7 Å². The molecule has 1 saturated heterocycles. The molecule has 3 rings (SSSR count). The average Bonchev–Trinajstić information content (AvgIpc) is 3.14. The van der Waals surface area contributed by atoms with Crippen LogP contribution in [0.1, 0.15) is 19.0 Å². The van der Waals surface area contributed by atoms with Crippen LogP contribution in [0.15, 0.2) is 42.6 Å². The van der Waals surface area contributed by atoms with Crippen molar-refractivity contribution in [1.29, 1.82) is 0 Å². The Morgan fingerprint density at radius 1 is 1.28 bits per heavy atom. The number of aromatic nitrogens is 1. The predicted octanol–water partition coefficient (Wildman–Crippen LogP) is 3.62. The van der Waals surface area contributed by atoms with Crippen LogP contribution >= 0.6 is 0 Å². The average molecular weight is 409 g/mol. The van der Waals surface area contributed by atoms with E-state index in [1.165, 1.54) is 6.07 Å². The second kappa shape index (κ2) is 9.13. The number of nitrogens with one attached hydrogen (secondary N) is 1. The molecule has 0 aliphatic carbocycles. The highest BCUT2D eigenvalue weighted by Gasteiger charge is 2.32. The maximum atomic E-state index is 12.8. The monoisotopic (exact) mass is 409 g/mol. The zero-order valence-electron chi connectivity index (χ0n) is 15.9. The van der Waals surface area contributed by atoms with Crippen LogP contribution in [0.25, 0.3) is 0 Å². The molecule has 1 aromatic heterocycles. The van der Waals surface area contributed by atoms with Crippen LogP contribution in [0.3, 0.4) is 0 Å². The molecule has 29 heavy (non-hydrogen) atoms. The molecule has 0 bridgehead atoms. The number of anilines is 1. The number of pyridine rings is 1. The first kappa shape index (κ1) is 20.9. The zero-order valence-corrected chi connectivity index (χ0v) is 15.9. The van der Waals surface area contributed by atoms with Crippen LogP contribution in [0.5, 0.6) is 11.5 Å². The Kier molecular flexibility index (Phi) is 6.58. The Bertz CT molecular complexity index is 845. The van der Waals surface area contributed by atoms with Crippen LogP contribution in [0, 0.1) is 0 Å². The lowest BCUT2D eigenvalue weighted by Crippen LogP contribution is -2.39. The summed E-state index contributed by atoms with van der Waals surface area (Å²) in [5.41, 5.74) is -0.134. The lowest BCUT2D eigenvalue weighted by atomic mass is 10.2. The first-order valence-corrected chi connectivity index (χ1v) is 9.28. The Hall–Kier alpha value is -2.81. The zero-order chi connectivity index (χ0) is 20.9. The maximum Gasteiger partial charge on any atom is 0.433 e. The molecule has 1 unspecified atom stereocenters. The van der Waals surface area contributed by atoms with Crippen molar-refractivity contribution >= 4 is 11.6 Å². The van der Waals surface area contributed by atoms with E-state index in [1.807, 2.05) is 13.0 Å². The van der Waals surface area contributed by atoms with Crippen molar-refractivity contribution in [3.63, 3.8) is 0 Å². The minimum absolute atomic E-state index is 0.0158. The number of halogens is 3. The summed E-state index contributed by atoms with van der Waals surface area (Å²) in [6, 6.07) is 9.37. The molecule has 2 aromatic rings. The number of carbonyl (C=O) groups is 1. The van der Waals surface area contributed by atoms with E-state index in [1.54, 1.807) is 18.2 Å². The van der Waals surface area contributed by atoms with Gasteiger partial charge >= 0.3 is 6.18 Å². The Labute approximate surface area is 166 Å². The van der Waals surface area contributed by atoms with Gasteiger partial charge in [0.2, 0.25) is 5.91 Å². The molecule has 1 aliphatic heterocycles. The molecule has 2 heterocycles. The third-order valence-corrected chi connectivity index (χ3v) is 4.43. The second-order valence-corrected chi connectivity index (χ2v) is 6.61. The van der Waals surface area contributed by atoms with Crippen LogP contribution in [-0.4, -0.2) is 43.2 Å². The Morgan fingerprint density at radius 2 is 2.07 bits per heavy atom. The number of rotatable bonds is 7. The van der Waals surface area contributed by atoms with Crippen molar-refractivity contribution < 1.29 is 27.4 Å². The van der Waals surface area contributed by atoms with Crippen LogP contribution in [0.4, 0.5) is 18.9 Å². The van der Waals surface area contributed by atoms with Gasteiger partial charge in [0, 0.05) is 49.8 Å². The molecular weight excluding hydrogens is 387 g/mol. The van der Waals surface area contributed by atoms with Gasteiger partial charge in [-0.3, -0.25) is 9.78 Å². The van der Waals surface area contributed by atoms with E-state index in [9.17, 15) is 18.0 Å². The summed E-state index contributed by atoms with van der Waals surface area (Å²) in [4.78, 5) is 17.2. The number of amides is 1. The van der Waals surface area contributed by atoms with Gasteiger partial charge in [-0.2, -0.15) is 13.2 Å². The van der Waals surface area contributed by atoms with Crippen LogP contribution < -0.4 is 15.0 Å². The van der Waals surface area contributed by atoms with E-state index < -0.39 is 11.9 Å². The van der Waals surface area contributed by atoms with Gasteiger partial charge in [-0.05, 0) is 31.5 Å². The highest BCUT2D eigenvalue weighted by molar-refractivity contribution is 5.77. The fourth-order valence-corrected chi connectivity index (χ4v) is 3.09. The summed E-state index contributed by atoms with van der Waals surface area (Å²) < 4.78 is 49.1. The molecule has 156 valence electrons. The van der Waals surface area contributed by atoms with Gasteiger partial charge in [-0.25, -0.2) is 0 Å². The van der Waals surface area contributed by atoms with E-state index in [2.05, 4.69) is 15.2 Å². The van der Waals surface area contributed by atoms with Gasteiger partial charge in [0.15, 0.2) is 0 Å². The standard InChI is InChI=1S/C20H22F3N3O3/c1-2-28-13-19(27)25-14-7-9-26(12-14)15-4-3-5-16(10-15)29-17-6-8-24-18(11-17)20(21,22)23/h3-6,8,10-11,14H,2,7,9,12-13H2,1H3,(H,25,27). The quantitative estimate of drug-likeness (QED) is 0.757. The summed E-state index contributed by atoms with van der Waals surface area (Å²) in [5.74, 6) is 0.339. The van der Waals surface area contributed by atoms with Gasteiger partial charge in [-0.15, -0.1) is 0 Å². The summed E-state index contributed by atoms with van der Waals surface area (Å²) in [6.07, 6.45) is -2.67. The lowest BCUT2D eigenvalue weighted by Gasteiger charge is -2.20. The molecule has 1 atom stereocenters. The molecule has 6 nitrogen and oxygen atoms in total. The predicted molar refractivity (Wildman–Crippen MR) is 101 cm³/mol. The van der Waals surface area contributed by atoms with E-state index in [0.29, 0.717) is 18.9 Å². The highest BCUT2D eigenvalue weighted by atomic mass is 19.4. The van der Waals surface area contributed by atoms with Crippen molar-refractivity contribution in [2.24, 2.45) is 0 Å². The lowest BCUT2D eigenvalue weighted by molar-refractivity contribution is -0.141. The van der Waals surface area contributed by atoms with E-state index in [-0.39, 0.29) is 24.3 Å². The summed E-state index contributed by atoms with van der Waals surface area (Å²) in [5, 5.41) is 2.94. The molecule has 1 N–H and O–H groups in total. The fourth-order valence-electron chi connectivity index (χ4n) is 3.09. The minimum atomic E-state index is -4.53. The van der Waals surface area contributed by atoms with Gasteiger partial charge in [-0.1, -0.05) is 6.07 Å². The molecule has 1 fully saturated rings. The fraction of sp³-hybridized carbons (Fsp3) is 0.400. The second-order valence-electron chi connectivity index (χ2n) is 6.61. The van der Waals surface area contributed by atoms with E-state index in [0.717, 1.165) is 30.9 Å². The first-order valence-electron chi connectivity index (χ1n) is 9.28. The van der Waals surface area contributed by atoms with Crippen molar-refractivity contribution in [3.8, 4) is 11.5 Å². The smallest absolute Gasteiger partial charge is 0.433 e. The third kappa shape index (κ3) is 5.83. The number of carbonyl (C=O) groups excluding carboxylic acids is 1. The molecule has 0 saturated carbocycles. The van der Waals surface area contributed by atoms with Crippen LogP contribution in [0.2, 0.25) is 0 Å². The summed E-state index contributed by atoms with van der Waals surface area (Å²) >= 11 is 0. The summed E-state index contributed by atoms with van der Waals surface area (Å²) in [7, 11) is 0. The molecule has 1 aliphatic rings. The van der Waals surface area contributed by atoms with Gasteiger partial charge in [0.1, 0.15) is 23.8 Å². The maximum absolute atomic E-state index is 12.8. The van der Waals surface area contributed by atoms with Crippen molar-refractivity contribution in [1.82, 2.24) is 10.3 Å². The number of hydrogen-bond donors (Lipinski definition) is 1. The van der Waals surface area contributed by atoms with Gasteiger partial charge in [0.25, 0.3) is 0 Å². The SMILES string of the molecule is CCOCC(=O)NC1CCN(c2cccc(Oc3ccnc(C(F)(F)F)c3)c2)C1. The molecule has 1 aromatic carbocycles. The third-order valence-electron chi connectivity index (χ3n) is 4.43. The number of ether oxygens (including phenoxy) is 2. The largest absolute Gasteiger partial charge is 0.457 e. The number of hydrogen-bond acceptors (Lipinski definition) is 5. The normalized spacial score (nSPS) is 16.7. The number of alkyl halides is 3. The molecule has 0 spiro atoms. The van der Waals surface area contributed by atoms with Crippen molar-refractivity contribution in [2.45, 2.75) is 25.6 Å². The van der Waals surface area contributed by atoms with Gasteiger partial charge < -0.3 is 19.7 Å².